The average molecular weight is 1540 g/mol. The van der Waals surface area contributed by atoms with Gasteiger partial charge in [0.2, 0.25) is 0 Å². The van der Waals surface area contributed by atoms with E-state index in [9.17, 15) is 92.3 Å². The molecule has 16 atom stereocenters. The van der Waals surface area contributed by atoms with E-state index in [-0.39, 0.29) is 61.0 Å². The van der Waals surface area contributed by atoms with Gasteiger partial charge in [-0.15, -0.1) is 0 Å². The molecule has 558 valence electrons. The molecular weight excluding hydrogens is 1470 g/mol. The third-order valence-electron chi connectivity index (χ3n) is 10.7. The molecule has 0 aromatic rings. The summed E-state index contributed by atoms with van der Waals surface area (Å²) >= 11 is 0. The topological polar surface area (TPSA) is 895 Å². The maximum absolute atomic E-state index is 10.7. The zero-order valence-electron chi connectivity index (χ0n) is 46.5. The van der Waals surface area contributed by atoms with Crippen molar-refractivity contribution < 1.29 is 225 Å². The second-order valence-electron chi connectivity index (χ2n) is 17.4. The largest absolute Gasteiger partial charge is 0.479 e. The van der Waals surface area contributed by atoms with Crippen molar-refractivity contribution in [2.24, 2.45) is 0 Å². The molecule has 52 nitrogen and oxygen atoms in total. The number of aliphatic hydroxyl groups is 6. The molecule has 27 N–H and O–H groups in total. The second-order valence-corrected chi connectivity index (χ2v) is 26.3. The summed E-state index contributed by atoms with van der Waals surface area (Å²) in [6, 6.07) is -3.60. The quantitative estimate of drug-likeness (QED) is 0.0448. The molecule has 5 saturated heterocycles. The number of carbonyl (C=O) groups is 2. The van der Waals surface area contributed by atoms with Crippen LogP contribution >= 0.6 is 0 Å². The first-order valence-corrected chi connectivity index (χ1v) is 34.2. The summed E-state index contributed by atoms with van der Waals surface area (Å²) in [5.74, 6) is -2.35. The van der Waals surface area contributed by atoms with E-state index < -0.39 is 232 Å². The van der Waals surface area contributed by atoms with E-state index in [0.717, 1.165) is 7.11 Å². The van der Waals surface area contributed by atoms with Crippen molar-refractivity contribution in [3.63, 3.8) is 0 Å². The molecule has 60 heteroatoms. The third-order valence-corrected chi connectivity index (χ3v) is 14.7. The number of rotatable bonds is 22. The van der Waals surface area contributed by atoms with Crippen LogP contribution in [0.15, 0.2) is 0 Å². The summed E-state index contributed by atoms with van der Waals surface area (Å²) in [6.07, 6.45) is -15.8. The minimum absolute atomic E-state index is 0. The minimum Gasteiger partial charge on any atom is -0.479 e. The summed E-state index contributed by atoms with van der Waals surface area (Å²) in [5, 5.41) is 70.6. The Hall–Kier alpha value is -2.74. The van der Waals surface area contributed by atoms with Crippen molar-refractivity contribution in [3.8, 4) is 0 Å². The summed E-state index contributed by atoms with van der Waals surface area (Å²) in [5.41, 5.74) is 0. The number of methoxy groups -OCH3 is 1. The van der Waals surface area contributed by atoms with Crippen molar-refractivity contribution in [1.29, 1.82) is 0 Å². The fourth-order valence-corrected chi connectivity index (χ4v) is 10.8. The molecular formula is C32H73N3O49S8. The van der Waals surface area contributed by atoms with Crippen LogP contribution in [0.2, 0.25) is 0 Å². The van der Waals surface area contributed by atoms with E-state index in [4.69, 9.17) is 90.4 Å². The highest BCUT2D eigenvalue weighted by molar-refractivity contribution is 7.84. The van der Waals surface area contributed by atoms with Crippen LogP contribution in [0, 0.1) is 0 Å². The first kappa shape index (κ1) is 97.9. The molecule has 5 rings (SSSR count). The van der Waals surface area contributed by atoms with Gasteiger partial charge in [0.05, 0.1) is 102 Å². The van der Waals surface area contributed by atoms with Crippen LogP contribution in [0.4, 0.5) is 0 Å². The highest BCUT2D eigenvalue weighted by Crippen LogP contribution is 2.23. The third kappa shape index (κ3) is 45.7. The van der Waals surface area contributed by atoms with Crippen LogP contribution in [0.25, 0.3) is 0 Å². The molecule has 0 spiro atoms. The number of ether oxygens (including phenoxy) is 6. The summed E-state index contributed by atoms with van der Waals surface area (Å²) in [6.45, 7) is -3.54. The SMILES string of the molecule is CO.CO[C@@H]1C(COS(=O)(=O)O)OCC(NS(=O)(=O)O)[C@@H]1O.O.O.O.O.O=C(O)C1C[C@@H](O)C(O)CO1.O=C(O)C1C[C@@H](O)C(OS(=O)(=O)O)CO1.O=S(=O)(O)NC1COC(COS(=O)(=O)O)C[C@H]1O.O=S(=O)(O)NC1COC(COS(=O)(=O)O)C[C@H]1OS(=O)(=O)O. The Bertz CT molecular complexity index is 3090. The number of aliphatic carboxylic acids is 2. The lowest BCUT2D eigenvalue weighted by molar-refractivity contribution is -0.168. The van der Waals surface area contributed by atoms with E-state index in [1.54, 1.807) is 14.2 Å². The normalized spacial score (nSPS) is 29.5. The Morgan fingerprint density at radius 2 is 0.772 bits per heavy atom. The van der Waals surface area contributed by atoms with Gasteiger partial charge in [0.25, 0.3) is 0 Å². The Morgan fingerprint density at radius 3 is 1.14 bits per heavy atom. The fourth-order valence-electron chi connectivity index (χ4n) is 6.99. The Kier molecular flexibility index (Phi) is 45.6. The van der Waals surface area contributed by atoms with Gasteiger partial charge < -0.3 is 91.2 Å². The molecule has 5 aliphatic rings. The number of carboxylic acids is 2. The van der Waals surface area contributed by atoms with E-state index in [2.05, 4.69) is 20.9 Å². The number of hydrogen-bond acceptors (Lipinski definition) is 35. The molecule has 0 aliphatic carbocycles. The van der Waals surface area contributed by atoms with Gasteiger partial charge in [0.15, 0.2) is 12.2 Å². The molecule has 10 unspecified atom stereocenters. The molecule has 0 amide bonds. The standard InChI is InChI=1S/C7H15NO10S2.C6H13NO12S3.C6H13NO9S2.C6H10O8S.C6H10O5.CH4O.4H2O/c1-16-7-5(3-18-20(13,14)15)17-2-4(6(7)9)8-19(10,11)12;8-20(9,10)7-5-3-17-4(2-18-21(11,12)13)1-6(5)19-22(14,15)16;8-6-1-4(2-16-18(12,13)14)15-3-5(6)7-17(9,10)11;7-3-1-4(6(8)9)13-2-5(3)14-15(10,11)12;7-3-1-5(6(9)10)11-2-4(3)8;1-2;;;;/h4-9H,2-3H2,1H3,(H,10,11,12)(H,13,14,15);4-7H,1-3H2,(H,8,9,10)(H,11,12,13)(H,14,15,16);4-8H,1-3H2,(H,9,10,11)(H,12,13,14);3-5,7H,1-2H2,(H,8,9)(H,10,11,12);3-5,7-8H,1-2H2,(H,9,10);2H,1H3;4*1H2/t4?,5?,6-,7+;2*4?,5?,6-;2*3-,4?,5?;;;;;/m01111...../s1. The summed E-state index contributed by atoms with van der Waals surface area (Å²) < 4.78 is 291. The van der Waals surface area contributed by atoms with Crippen molar-refractivity contribution >= 4 is 94.8 Å². The highest BCUT2D eigenvalue weighted by atomic mass is 32.3. The lowest BCUT2D eigenvalue weighted by atomic mass is 9.99. The lowest BCUT2D eigenvalue weighted by Crippen LogP contribution is -2.60. The van der Waals surface area contributed by atoms with Crippen LogP contribution in [0.5, 0.6) is 0 Å². The zero-order valence-corrected chi connectivity index (χ0v) is 53.0. The average Bonchev–Trinajstić information content (AvgIpc) is 0.888. The van der Waals surface area contributed by atoms with Crippen molar-refractivity contribution in [2.75, 3.05) is 67.1 Å². The van der Waals surface area contributed by atoms with Gasteiger partial charge in [-0.1, -0.05) is 0 Å². The smallest absolute Gasteiger partial charge is 0.397 e. The predicted octanol–water partition coefficient (Wildman–Crippen LogP) is -14.1. The van der Waals surface area contributed by atoms with Crippen LogP contribution in [0.3, 0.4) is 0 Å². The molecule has 92 heavy (non-hydrogen) atoms. The van der Waals surface area contributed by atoms with Crippen molar-refractivity contribution in [2.45, 2.75) is 123 Å². The van der Waals surface area contributed by atoms with Crippen LogP contribution in [0.1, 0.15) is 25.7 Å². The molecule has 0 aromatic heterocycles. The predicted molar refractivity (Wildman–Crippen MR) is 287 cm³/mol. The van der Waals surface area contributed by atoms with E-state index >= 15 is 0 Å². The van der Waals surface area contributed by atoms with Crippen molar-refractivity contribution in [1.82, 2.24) is 14.2 Å². The first-order valence-electron chi connectivity index (χ1n) is 23.1. The monoisotopic (exact) mass is 1540 g/mol. The second kappa shape index (κ2) is 42.8. The number of nitrogens with one attached hydrogen (secondary N) is 3. The molecule has 5 fully saturated rings. The van der Waals surface area contributed by atoms with Crippen LogP contribution in [-0.4, -0.2) is 343 Å². The first-order chi connectivity index (χ1) is 39.8. The lowest BCUT2D eigenvalue weighted by Gasteiger charge is -2.38. The minimum atomic E-state index is -4.96. The van der Waals surface area contributed by atoms with Crippen LogP contribution in [-0.2, 0) is 142 Å². The zero-order chi connectivity index (χ0) is 68.8. The molecule has 0 bridgehead atoms. The Morgan fingerprint density at radius 1 is 0.413 bits per heavy atom. The number of hydrogen-bond donors (Lipinski definition) is 19. The highest BCUT2D eigenvalue weighted by Gasteiger charge is 2.43. The number of carboxylic acid groups (broad SMARTS) is 2. The molecule has 0 saturated carbocycles. The van der Waals surface area contributed by atoms with E-state index in [0.29, 0.717) is 0 Å². The van der Waals surface area contributed by atoms with Crippen LogP contribution < -0.4 is 14.2 Å². The molecule has 5 aliphatic heterocycles. The van der Waals surface area contributed by atoms with Crippen molar-refractivity contribution in [3.05, 3.63) is 0 Å². The summed E-state index contributed by atoms with van der Waals surface area (Å²) in [4.78, 5) is 20.7. The Labute approximate surface area is 522 Å². The maximum Gasteiger partial charge on any atom is 0.397 e. The van der Waals surface area contributed by atoms with Gasteiger partial charge in [-0.2, -0.15) is 81.5 Å². The number of aliphatic hydroxyl groups excluding tert-OH is 6. The maximum atomic E-state index is 10.7. The van der Waals surface area contributed by atoms with E-state index in [1.807, 2.05) is 0 Å². The van der Waals surface area contributed by atoms with E-state index in [1.165, 1.54) is 7.11 Å². The van der Waals surface area contributed by atoms with Gasteiger partial charge in [-0.3, -0.25) is 36.4 Å². The molecule has 0 radical (unpaired) electrons. The van der Waals surface area contributed by atoms with Gasteiger partial charge in [0.1, 0.15) is 36.6 Å². The molecule has 5 heterocycles. The molecule has 0 aromatic carbocycles. The fraction of sp³-hybridized carbons (Fsp3) is 0.938. The van der Waals surface area contributed by atoms with Gasteiger partial charge in [-0.25, -0.2) is 30.5 Å². The Balaban J connectivity index is -0.000000341. The van der Waals surface area contributed by atoms with Gasteiger partial charge >= 0.3 is 94.8 Å². The van der Waals surface area contributed by atoms with Gasteiger partial charge in [-0.05, 0) is 0 Å². The summed E-state index contributed by atoms with van der Waals surface area (Å²) in [7, 11) is -35.2. The van der Waals surface area contributed by atoms with Gasteiger partial charge in [0, 0.05) is 39.9 Å².